The van der Waals surface area contributed by atoms with E-state index in [9.17, 15) is 13.6 Å². The summed E-state index contributed by atoms with van der Waals surface area (Å²) in [5, 5.41) is 6.64. The summed E-state index contributed by atoms with van der Waals surface area (Å²) < 4.78 is 36.9. The Morgan fingerprint density at radius 1 is 1.28 bits per heavy atom. The topological polar surface area (TPSA) is 80.0 Å². The van der Waals surface area contributed by atoms with Crippen molar-refractivity contribution in [3.8, 4) is 22.8 Å². The molecule has 1 aliphatic heterocycles. The van der Waals surface area contributed by atoms with Crippen LogP contribution in [0.25, 0.3) is 28.2 Å². The van der Waals surface area contributed by atoms with Crippen molar-refractivity contribution in [2.24, 2.45) is 0 Å². The molecule has 5 rings (SSSR count). The Morgan fingerprint density at radius 3 is 2.79 bits per heavy atom. The lowest BCUT2D eigenvalue weighted by Gasteiger charge is -2.33. The summed E-state index contributed by atoms with van der Waals surface area (Å²) in [5.74, 6) is 0.232. The first kappa shape index (κ1) is 18.2. The second-order valence-corrected chi connectivity index (χ2v) is 7.62. The molecule has 2 aromatic heterocycles. The van der Waals surface area contributed by atoms with E-state index in [0.29, 0.717) is 22.3 Å². The van der Waals surface area contributed by atoms with Gasteiger partial charge in [-0.15, -0.1) is 0 Å². The molecule has 3 heterocycles. The van der Waals surface area contributed by atoms with Crippen LogP contribution in [0.5, 0.6) is 11.5 Å². The molecule has 150 valence electrons. The number of hydrogen-bond acceptors (Lipinski definition) is 4. The zero-order valence-electron chi connectivity index (χ0n) is 15.1. The average molecular weight is 420 g/mol. The molecule has 2 aliphatic rings. The first-order valence-corrected chi connectivity index (χ1v) is 9.60. The molecule has 0 unspecified atom stereocenters. The number of rotatable bonds is 3. The highest BCUT2D eigenvalue weighted by molar-refractivity contribution is 6.38. The standard InChI is InChI=1S/C20H16ClF2N3O3/c21-15-14-12(9-24-26-18(14)27)25-16(15)10-3-4-13(28-19(22)23)17-11(10)5-8-20(29-17)6-1-2-7-20/h3-5,8-9,19,25H,1-2,6-7H2,(H,26,27). The molecular weight excluding hydrogens is 404 g/mol. The molecule has 1 saturated carbocycles. The number of alkyl halides is 2. The Kier molecular flexibility index (Phi) is 4.13. The number of aromatic nitrogens is 3. The molecule has 3 aromatic rings. The van der Waals surface area contributed by atoms with Crippen molar-refractivity contribution in [3.63, 3.8) is 0 Å². The largest absolute Gasteiger partial charge is 0.479 e. The van der Waals surface area contributed by atoms with Crippen molar-refractivity contribution < 1.29 is 18.3 Å². The van der Waals surface area contributed by atoms with E-state index in [4.69, 9.17) is 21.1 Å². The number of benzene rings is 1. The lowest BCUT2D eigenvalue weighted by atomic mass is 9.93. The van der Waals surface area contributed by atoms with Gasteiger partial charge in [0.05, 0.1) is 27.8 Å². The van der Waals surface area contributed by atoms with Gasteiger partial charge in [-0.3, -0.25) is 4.79 Å². The highest BCUT2D eigenvalue weighted by atomic mass is 35.5. The van der Waals surface area contributed by atoms with Gasteiger partial charge in [-0.25, -0.2) is 5.10 Å². The summed E-state index contributed by atoms with van der Waals surface area (Å²) in [6.07, 6.45) is 8.95. The van der Waals surface area contributed by atoms with Crippen LogP contribution in [-0.4, -0.2) is 27.4 Å². The minimum atomic E-state index is -2.97. The first-order chi connectivity index (χ1) is 14.0. The van der Waals surface area contributed by atoms with Crippen LogP contribution in [0.1, 0.15) is 31.2 Å². The lowest BCUT2D eigenvalue weighted by molar-refractivity contribution is -0.0529. The Labute approximate surface area is 168 Å². The van der Waals surface area contributed by atoms with Gasteiger partial charge >= 0.3 is 6.61 Å². The van der Waals surface area contributed by atoms with Gasteiger partial charge in [-0.1, -0.05) is 17.7 Å². The van der Waals surface area contributed by atoms with Crippen molar-refractivity contribution in [3.05, 3.63) is 45.3 Å². The molecule has 9 heteroatoms. The van der Waals surface area contributed by atoms with E-state index >= 15 is 0 Å². The molecule has 29 heavy (non-hydrogen) atoms. The van der Waals surface area contributed by atoms with Crippen LogP contribution in [0.15, 0.2) is 29.2 Å². The molecule has 1 fully saturated rings. The van der Waals surface area contributed by atoms with Gasteiger partial charge in [0.15, 0.2) is 11.5 Å². The van der Waals surface area contributed by atoms with Crippen LogP contribution in [0.2, 0.25) is 5.02 Å². The predicted molar refractivity (Wildman–Crippen MR) is 105 cm³/mol. The molecule has 1 aliphatic carbocycles. The summed E-state index contributed by atoms with van der Waals surface area (Å²) in [6, 6.07) is 3.06. The zero-order valence-corrected chi connectivity index (χ0v) is 15.9. The van der Waals surface area contributed by atoms with Gasteiger partial charge in [0.2, 0.25) is 0 Å². The number of aromatic amines is 2. The van der Waals surface area contributed by atoms with Gasteiger partial charge in [0, 0.05) is 11.1 Å². The smallest absolute Gasteiger partial charge is 0.387 e. The van der Waals surface area contributed by atoms with E-state index < -0.39 is 17.8 Å². The fraction of sp³-hybridized carbons (Fsp3) is 0.300. The van der Waals surface area contributed by atoms with Crippen LogP contribution in [0.4, 0.5) is 8.78 Å². The van der Waals surface area contributed by atoms with Gasteiger partial charge in [0.25, 0.3) is 5.56 Å². The molecule has 0 amide bonds. The maximum absolute atomic E-state index is 13.0. The van der Waals surface area contributed by atoms with Gasteiger partial charge in [-0.05, 0) is 43.9 Å². The number of fused-ring (bicyclic) bond motifs is 2. The number of H-pyrrole nitrogens is 2. The minimum Gasteiger partial charge on any atom is -0.479 e. The highest BCUT2D eigenvalue weighted by Gasteiger charge is 2.38. The van der Waals surface area contributed by atoms with Crippen molar-refractivity contribution >= 4 is 28.6 Å². The molecule has 0 radical (unpaired) electrons. The minimum absolute atomic E-state index is 0.0267. The van der Waals surface area contributed by atoms with Crippen LogP contribution in [-0.2, 0) is 0 Å². The normalized spacial score (nSPS) is 17.1. The Hall–Kier alpha value is -2.87. The third-order valence-corrected chi connectivity index (χ3v) is 5.89. The summed E-state index contributed by atoms with van der Waals surface area (Å²) in [4.78, 5) is 15.2. The third-order valence-electron chi connectivity index (χ3n) is 5.51. The summed E-state index contributed by atoms with van der Waals surface area (Å²) in [7, 11) is 0. The predicted octanol–water partition coefficient (Wildman–Crippen LogP) is 4.89. The summed E-state index contributed by atoms with van der Waals surface area (Å²) in [6.45, 7) is -2.97. The second kappa shape index (κ2) is 6.59. The maximum atomic E-state index is 13.0. The molecule has 2 N–H and O–H groups in total. The Bertz CT molecular complexity index is 1200. The van der Waals surface area contributed by atoms with Gasteiger partial charge < -0.3 is 14.5 Å². The number of nitrogens with zero attached hydrogens (tertiary/aromatic N) is 1. The van der Waals surface area contributed by atoms with E-state index in [1.54, 1.807) is 6.07 Å². The molecule has 0 saturated heterocycles. The van der Waals surface area contributed by atoms with Crippen molar-refractivity contribution in [2.45, 2.75) is 37.9 Å². The van der Waals surface area contributed by atoms with Crippen LogP contribution >= 0.6 is 11.6 Å². The molecule has 0 bridgehead atoms. The fourth-order valence-corrected chi connectivity index (χ4v) is 4.52. The fourth-order valence-electron chi connectivity index (χ4n) is 4.18. The number of hydrogen-bond donors (Lipinski definition) is 2. The lowest BCUT2D eigenvalue weighted by Crippen LogP contribution is -2.32. The van der Waals surface area contributed by atoms with Gasteiger partial charge in [0.1, 0.15) is 5.60 Å². The molecular formula is C20H16ClF2N3O3. The second-order valence-electron chi connectivity index (χ2n) is 7.24. The zero-order chi connectivity index (χ0) is 20.2. The van der Waals surface area contributed by atoms with Crippen LogP contribution < -0.4 is 15.0 Å². The third kappa shape index (κ3) is 2.90. The van der Waals surface area contributed by atoms with Gasteiger partial charge in [-0.2, -0.15) is 13.9 Å². The summed E-state index contributed by atoms with van der Waals surface area (Å²) >= 11 is 6.49. The highest BCUT2D eigenvalue weighted by Crippen LogP contribution is 2.49. The van der Waals surface area contributed by atoms with E-state index in [1.165, 1.54) is 12.3 Å². The Balaban J connectivity index is 1.71. The van der Waals surface area contributed by atoms with E-state index in [0.717, 1.165) is 25.7 Å². The number of halogens is 3. The van der Waals surface area contributed by atoms with E-state index in [1.807, 2.05) is 12.2 Å². The molecule has 0 atom stereocenters. The Morgan fingerprint density at radius 2 is 2.07 bits per heavy atom. The van der Waals surface area contributed by atoms with E-state index in [-0.39, 0.29) is 21.9 Å². The number of ether oxygens (including phenoxy) is 2. The summed E-state index contributed by atoms with van der Waals surface area (Å²) in [5.41, 5.74) is 1.22. The maximum Gasteiger partial charge on any atom is 0.387 e. The van der Waals surface area contributed by atoms with E-state index in [2.05, 4.69) is 15.2 Å². The monoisotopic (exact) mass is 419 g/mol. The van der Waals surface area contributed by atoms with Crippen LogP contribution in [0, 0.1) is 0 Å². The van der Waals surface area contributed by atoms with Crippen molar-refractivity contribution in [1.82, 2.24) is 15.2 Å². The van der Waals surface area contributed by atoms with Crippen LogP contribution in [0.3, 0.4) is 0 Å². The average Bonchev–Trinajstić information content (AvgIpc) is 3.27. The molecule has 1 aromatic carbocycles. The quantitative estimate of drug-likeness (QED) is 0.633. The molecule has 1 spiro atoms. The molecule has 6 nitrogen and oxygen atoms in total. The van der Waals surface area contributed by atoms with Crippen molar-refractivity contribution in [2.75, 3.05) is 0 Å². The number of nitrogens with one attached hydrogen (secondary N) is 2. The van der Waals surface area contributed by atoms with Crippen molar-refractivity contribution in [1.29, 1.82) is 0 Å². The first-order valence-electron chi connectivity index (χ1n) is 9.23. The SMILES string of the molecule is O=c1[nH]ncc2[nH]c(-c3ccc(OC(F)F)c4c3C=CC3(CCCC3)O4)c(Cl)c12.